The van der Waals surface area contributed by atoms with Crippen molar-refractivity contribution in [1.29, 1.82) is 0 Å². The molecule has 1 aliphatic heterocycles. The molecule has 1 saturated heterocycles. The summed E-state index contributed by atoms with van der Waals surface area (Å²) in [6.45, 7) is 3.91. The number of nitrogens with one attached hydrogen (secondary N) is 1. The highest BCUT2D eigenvalue weighted by molar-refractivity contribution is 6.31. The minimum atomic E-state index is 0.319. The molecule has 1 N–H and O–H groups in total. The molecule has 7 heteroatoms. The van der Waals surface area contributed by atoms with Crippen LogP contribution in [0.5, 0.6) is 5.75 Å². The van der Waals surface area contributed by atoms with Crippen LogP contribution in [0.25, 0.3) is 0 Å². The Bertz CT molecular complexity index is 381. The van der Waals surface area contributed by atoms with Crippen molar-refractivity contribution in [3.63, 3.8) is 0 Å². The van der Waals surface area contributed by atoms with Gasteiger partial charge in [-0.2, -0.15) is 0 Å². The Labute approximate surface area is 106 Å². The number of methoxy groups -OCH3 is 1. The monoisotopic (exact) mass is 257 g/mol. The number of hydrogen-bond acceptors (Lipinski definition) is 6. The third-order valence-corrected chi connectivity index (χ3v) is 3.00. The first kappa shape index (κ1) is 12.3. The van der Waals surface area contributed by atoms with Crippen molar-refractivity contribution < 1.29 is 4.74 Å². The van der Waals surface area contributed by atoms with Crippen LogP contribution < -0.4 is 10.2 Å². The number of hydrogen-bond donors (Lipinski definition) is 1. The van der Waals surface area contributed by atoms with Crippen LogP contribution >= 0.6 is 11.6 Å². The molecule has 17 heavy (non-hydrogen) atoms. The molecule has 0 spiro atoms. The zero-order chi connectivity index (χ0) is 12.3. The van der Waals surface area contributed by atoms with E-state index in [1.54, 1.807) is 7.11 Å². The van der Waals surface area contributed by atoms with Crippen molar-refractivity contribution in [2.75, 3.05) is 45.8 Å². The number of ether oxygens (including phenoxy) is 1. The van der Waals surface area contributed by atoms with Crippen molar-refractivity contribution in [2.45, 2.75) is 0 Å². The number of aromatic nitrogens is 2. The topological polar surface area (TPSA) is 53.5 Å². The number of nitrogens with zero attached hydrogens (tertiary/aromatic N) is 4. The van der Waals surface area contributed by atoms with E-state index in [0.717, 1.165) is 26.2 Å². The number of likely N-dealkylation sites (N-methyl/N-ethyl adjacent to an activating group) is 1. The molecule has 1 aromatic rings. The molecule has 0 saturated carbocycles. The highest BCUT2D eigenvalue weighted by Crippen LogP contribution is 2.28. The maximum atomic E-state index is 5.93. The largest absolute Gasteiger partial charge is 0.490 e. The van der Waals surface area contributed by atoms with Crippen molar-refractivity contribution in [3.8, 4) is 5.75 Å². The van der Waals surface area contributed by atoms with Crippen molar-refractivity contribution in [3.05, 3.63) is 11.5 Å². The van der Waals surface area contributed by atoms with Crippen LogP contribution in [0.1, 0.15) is 0 Å². The summed E-state index contributed by atoms with van der Waals surface area (Å²) in [7, 11) is 3.67. The molecule has 0 radical (unpaired) electrons. The fourth-order valence-corrected chi connectivity index (χ4v) is 1.89. The van der Waals surface area contributed by atoms with Crippen molar-refractivity contribution in [2.24, 2.45) is 0 Å². The molecular weight excluding hydrogens is 242 g/mol. The molecule has 2 heterocycles. The fraction of sp³-hybridized carbons (Fsp3) is 0.600. The number of anilines is 1. The van der Waals surface area contributed by atoms with Gasteiger partial charge in [-0.3, -0.25) is 5.43 Å². The standard InChI is InChI=1S/C10H16ClN5O/c1-15-3-5-16(6-4-15)14-10-8(17-2)9(11)12-7-13-10/h7H,3-6H2,1-2H3,(H,12,13,14). The Morgan fingerprint density at radius 2 is 2.00 bits per heavy atom. The van der Waals surface area contributed by atoms with Gasteiger partial charge < -0.3 is 9.64 Å². The molecule has 1 aliphatic rings. The normalized spacial score (nSPS) is 18.1. The Morgan fingerprint density at radius 3 is 2.65 bits per heavy atom. The van der Waals surface area contributed by atoms with Crippen LogP contribution in [0.2, 0.25) is 5.15 Å². The fourth-order valence-electron chi connectivity index (χ4n) is 1.68. The van der Waals surface area contributed by atoms with E-state index in [1.807, 2.05) is 0 Å². The first-order valence-electron chi connectivity index (χ1n) is 5.45. The summed E-state index contributed by atoms with van der Waals surface area (Å²) in [6, 6.07) is 0. The highest BCUT2D eigenvalue weighted by atomic mass is 35.5. The molecule has 0 unspecified atom stereocenters. The molecule has 0 aliphatic carbocycles. The summed E-state index contributed by atoms with van der Waals surface area (Å²) in [5.41, 5.74) is 3.21. The van der Waals surface area contributed by atoms with Gasteiger partial charge in [0.1, 0.15) is 6.33 Å². The summed E-state index contributed by atoms with van der Waals surface area (Å²) in [5, 5.41) is 2.42. The minimum Gasteiger partial charge on any atom is -0.490 e. The van der Waals surface area contributed by atoms with E-state index in [-0.39, 0.29) is 0 Å². The van der Waals surface area contributed by atoms with Gasteiger partial charge >= 0.3 is 0 Å². The maximum Gasteiger partial charge on any atom is 0.200 e. The van der Waals surface area contributed by atoms with E-state index in [2.05, 4.69) is 32.4 Å². The molecule has 0 bridgehead atoms. The Morgan fingerprint density at radius 1 is 1.29 bits per heavy atom. The third-order valence-electron chi connectivity index (χ3n) is 2.73. The first-order valence-corrected chi connectivity index (χ1v) is 5.83. The molecule has 1 aromatic heterocycles. The van der Waals surface area contributed by atoms with Crippen LogP contribution in [0.3, 0.4) is 0 Å². The number of hydrazine groups is 1. The highest BCUT2D eigenvalue weighted by Gasteiger charge is 2.17. The predicted molar refractivity (Wildman–Crippen MR) is 66.3 cm³/mol. The van der Waals surface area contributed by atoms with Gasteiger partial charge in [0.05, 0.1) is 7.11 Å². The zero-order valence-electron chi connectivity index (χ0n) is 9.98. The average Bonchev–Trinajstić information content (AvgIpc) is 2.32. The van der Waals surface area contributed by atoms with Gasteiger partial charge in [-0.05, 0) is 7.05 Å². The molecule has 0 atom stereocenters. The Hall–Kier alpha value is -1.11. The van der Waals surface area contributed by atoms with E-state index in [9.17, 15) is 0 Å². The molecule has 1 fully saturated rings. The summed E-state index contributed by atoms with van der Waals surface area (Å²) in [5.74, 6) is 1.09. The summed E-state index contributed by atoms with van der Waals surface area (Å²) < 4.78 is 5.18. The van der Waals surface area contributed by atoms with Crippen molar-refractivity contribution >= 4 is 17.4 Å². The zero-order valence-corrected chi connectivity index (χ0v) is 10.7. The van der Waals surface area contributed by atoms with Gasteiger partial charge in [0.2, 0.25) is 0 Å². The first-order chi connectivity index (χ1) is 8.20. The second-order valence-electron chi connectivity index (χ2n) is 3.95. The second kappa shape index (κ2) is 5.48. The molecule has 94 valence electrons. The molecule has 2 rings (SSSR count). The van der Waals surface area contributed by atoms with Gasteiger partial charge in [0.25, 0.3) is 0 Å². The van der Waals surface area contributed by atoms with E-state index in [1.165, 1.54) is 6.33 Å². The number of piperazine rings is 1. The van der Waals surface area contributed by atoms with Gasteiger partial charge in [0.15, 0.2) is 16.7 Å². The predicted octanol–water partition coefficient (Wildman–Crippen LogP) is 0.713. The lowest BCUT2D eigenvalue weighted by Crippen LogP contribution is -2.47. The lowest BCUT2D eigenvalue weighted by atomic mass is 10.4. The number of halogens is 1. The summed E-state index contributed by atoms with van der Waals surface area (Å²) in [6.07, 6.45) is 1.42. The quantitative estimate of drug-likeness (QED) is 0.805. The van der Waals surface area contributed by atoms with Gasteiger partial charge in [-0.15, -0.1) is 0 Å². The molecular formula is C10H16ClN5O. The van der Waals surface area contributed by atoms with E-state index in [4.69, 9.17) is 16.3 Å². The van der Waals surface area contributed by atoms with Gasteiger partial charge in [-0.1, -0.05) is 11.6 Å². The second-order valence-corrected chi connectivity index (χ2v) is 4.31. The van der Waals surface area contributed by atoms with E-state index < -0.39 is 0 Å². The van der Waals surface area contributed by atoms with E-state index >= 15 is 0 Å². The lowest BCUT2D eigenvalue weighted by molar-refractivity contribution is 0.178. The number of rotatable bonds is 3. The van der Waals surface area contributed by atoms with Gasteiger partial charge in [-0.25, -0.2) is 15.0 Å². The molecule has 0 amide bonds. The lowest BCUT2D eigenvalue weighted by Gasteiger charge is -2.32. The minimum absolute atomic E-state index is 0.319. The third kappa shape index (κ3) is 2.96. The van der Waals surface area contributed by atoms with Gasteiger partial charge in [0, 0.05) is 26.2 Å². The van der Waals surface area contributed by atoms with Crippen LogP contribution in [0.15, 0.2) is 6.33 Å². The Kier molecular flexibility index (Phi) is 3.98. The van der Waals surface area contributed by atoms with Crippen LogP contribution in [0.4, 0.5) is 5.82 Å². The summed E-state index contributed by atoms with van der Waals surface area (Å²) in [4.78, 5) is 10.3. The van der Waals surface area contributed by atoms with E-state index in [0.29, 0.717) is 16.7 Å². The summed E-state index contributed by atoms with van der Waals surface area (Å²) >= 11 is 5.93. The van der Waals surface area contributed by atoms with Crippen LogP contribution in [0, 0.1) is 0 Å². The maximum absolute atomic E-state index is 5.93. The van der Waals surface area contributed by atoms with Crippen LogP contribution in [-0.2, 0) is 0 Å². The average molecular weight is 258 g/mol. The van der Waals surface area contributed by atoms with Crippen molar-refractivity contribution in [1.82, 2.24) is 19.9 Å². The van der Waals surface area contributed by atoms with Crippen LogP contribution in [-0.4, -0.2) is 60.2 Å². The smallest absolute Gasteiger partial charge is 0.200 e. The SMILES string of the molecule is COc1c(Cl)ncnc1NN1CCN(C)CC1. The Balaban J connectivity index is 2.05. The molecule has 6 nitrogen and oxygen atoms in total. The molecule has 0 aromatic carbocycles.